The molecule has 1 aliphatic rings. The van der Waals surface area contributed by atoms with E-state index in [0.29, 0.717) is 0 Å². The van der Waals surface area contributed by atoms with E-state index in [1.165, 1.54) is 39.2 Å². The molecule has 1 heteroatoms. The highest BCUT2D eigenvalue weighted by molar-refractivity contribution is 5.83. The number of rotatable bonds is 2. The van der Waals surface area contributed by atoms with Gasteiger partial charge in [-0.05, 0) is 53.4 Å². The molecule has 0 aromatic heterocycles. The summed E-state index contributed by atoms with van der Waals surface area (Å²) in [4.78, 5) is 2.26. The van der Waals surface area contributed by atoms with Gasteiger partial charge in [0.15, 0.2) is 0 Å². The predicted octanol–water partition coefficient (Wildman–Crippen LogP) is 7.10. The Hall–Kier alpha value is -2.54. The Balaban J connectivity index is 0.000000948. The molecular formula is C25H29N. The first-order valence-corrected chi connectivity index (χ1v) is 9.53. The van der Waals surface area contributed by atoms with Crippen molar-refractivity contribution in [3.63, 3.8) is 0 Å². The van der Waals surface area contributed by atoms with E-state index in [-0.39, 0.29) is 5.41 Å². The minimum absolute atomic E-state index is 0.0516. The zero-order chi connectivity index (χ0) is 18.9. The van der Waals surface area contributed by atoms with Gasteiger partial charge in [0, 0.05) is 23.8 Å². The number of fused-ring (bicyclic) bond motifs is 3. The van der Waals surface area contributed by atoms with Crippen LogP contribution in [0.2, 0.25) is 0 Å². The maximum atomic E-state index is 2.36. The summed E-state index contributed by atoms with van der Waals surface area (Å²) in [6.07, 6.45) is 0. The molecule has 0 radical (unpaired) electrons. The lowest BCUT2D eigenvalue weighted by molar-refractivity contribution is 0.660. The molecule has 4 rings (SSSR count). The minimum atomic E-state index is 0.0516. The summed E-state index contributed by atoms with van der Waals surface area (Å²) in [6.45, 7) is 10.8. The van der Waals surface area contributed by atoms with E-state index < -0.39 is 0 Å². The van der Waals surface area contributed by atoms with E-state index in [2.05, 4.69) is 99.4 Å². The summed E-state index contributed by atoms with van der Waals surface area (Å²) in [5.74, 6) is 0. The third kappa shape index (κ3) is 2.92. The Morgan fingerprint density at radius 2 is 1.27 bits per heavy atom. The van der Waals surface area contributed by atoms with Gasteiger partial charge >= 0.3 is 0 Å². The first kappa shape index (κ1) is 18.3. The Morgan fingerprint density at radius 3 is 1.96 bits per heavy atom. The Morgan fingerprint density at radius 1 is 0.692 bits per heavy atom. The van der Waals surface area contributed by atoms with Gasteiger partial charge in [0.25, 0.3) is 0 Å². The fourth-order valence-electron chi connectivity index (χ4n) is 3.82. The zero-order valence-corrected chi connectivity index (χ0v) is 16.8. The molecule has 0 bridgehead atoms. The second kappa shape index (κ2) is 6.99. The topological polar surface area (TPSA) is 3.24 Å². The number of anilines is 2. The lowest BCUT2D eigenvalue weighted by Crippen LogP contribution is -2.16. The van der Waals surface area contributed by atoms with E-state index in [4.69, 9.17) is 0 Å². The van der Waals surface area contributed by atoms with Crippen molar-refractivity contribution < 1.29 is 0 Å². The first-order valence-electron chi connectivity index (χ1n) is 9.53. The highest BCUT2D eigenvalue weighted by Gasteiger charge is 2.35. The monoisotopic (exact) mass is 343 g/mol. The molecule has 0 saturated carbocycles. The second-order valence-corrected chi connectivity index (χ2v) is 7.30. The molecule has 3 aromatic carbocycles. The van der Waals surface area contributed by atoms with E-state index in [0.717, 1.165) is 0 Å². The standard InChI is InChI=1S/C23H23N.C2H6/c1-16-9-11-17(12-10-16)24(4)18-13-14-20-19-7-5-6-8-21(19)23(2,3)22(20)15-18;1-2/h5-15H,1-4H3;1-2H3. The molecule has 0 saturated heterocycles. The molecule has 1 nitrogen and oxygen atoms in total. The molecule has 0 fully saturated rings. The smallest absolute Gasteiger partial charge is 0.0411 e. The normalized spacial score (nSPS) is 13.3. The van der Waals surface area contributed by atoms with Gasteiger partial charge in [-0.25, -0.2) is 0 Å². The molecule has 0 N–H and O–H groups in total. The molecule has 0 amide bonds. The molecule has 134 valence electrons. The summed E-state index contributed by atoms with van der Waals surface area (Å²) in [6, 6.07) is 24.4. The summed E-state index contributed by atoms with van der Waals surface area (Å²) in [7, 11) is 2.14. The Kier molecular flexibility index (Phi) is 4.91. The maximum Gasteiger partial charge on any atom is 0.0411 e. The Labute approximate surface area is 158 Å². The molecule has 0 unspecified atom stereocenters. The second-order valence-electron chi connectivity index (χ2n) is 7.30. The van der Waals surface area contributed by atoms with Gasteiger partial charge < -0.3 is 4.90 Å². The fourth-order valence-corrected chi connectivity index (χ4v) is 3.82. The van der Waals surface area contributed by atoms with Gasteiger partial charge in [0.2, 0.25) is 0 Å². The van der Waals surface area contributed by atoms with Gasteiger partial charge in [0.1, 0.15) is 0 Å². The predicted molar refractivity (Wildman–Crippen MR) is 115 cm³/mol. The number of hydrogen-bond acceptors (Lipinski definition) is 1. The van der Waals surface area contributed by atoms with Crippen LogP contribution in [0.5, 0.6) is 0 Å². The minimum Gasteiger partial charge on any atom is -0.345 e. The van der Waals surface area contributed by atoms with Crippen LogP contribution in [0, 0.1) is 6.92 Å². The SMILES string of the molecule is CC.Cc1ccc(N(C)c2ccc3c(c2)C(C)(C)c2ccccc2-3)cc1. The van der Waals surface area contributed by atoms with Crippen LogP contribution in [0.4, 0.5) is 11.4 Å². The zero-order valence-electron chi connectivity index (χ0n) is 16.8. The van der Waals surface area contributed by atoms with Crippen molar-refractivity contribution in [2.45, 2.75) is 40.0 Å². The third-order valence-corrected chi connectivity index (χ3v) is 5.38. The van der Waals surface area contributed by atoms with Gasteiger partial charge in [-0.3, -0.25) is 0 Å². The van der Waals surface area contributed by atoms with Crippen LogP contribution in [0.15, 0.2) is 66.7 Å². The number of aryl methyl sites for hydroxylation is 1. The van der Waals surface area contributed by atoms with E-state index in [1.807, 2.05) is 13.8 Å². The molecule has 0 aliphatic heterocycles. The van der Waals surface area contributed by atoms with Crippen molar-refractivity contribution in [2.75, 3.05) is 11.9 Å². The number of benzene rings is 3. The summed E-state index contributed by atoms with van der Waals surface area (Å²) in [5.41, 5.74) is 9.38. The maximum absolute atomic E-state index is 2.36. The first-order chi connectivity index (χ1) is 12.5. The van der Waals surface area contributed by atoms with Gasteiger partial charge in [-0.15, -0.1) is 0 Å². The quantitative estimate of drug-likeness (QED) is 0.480. The van der Waals surface area contributed by atoms with Crippen LogP contribution in [0.25, 0.3) is 11.1 Å². The lowest BCUT2D eigenvalue weighted by Gasteiger charge is -2.25. The van der Waals surface area contributed by atoms with Crippen LogP contribution in [0.1, 0.15) is 44.4 Å². The Bertz CT molecular complexity index is 904. The van der Waals surface area contributed by atoms with Crippen LogP contribution < -0.4 is 4.90 Å². The molecule has 0 spiro atoms. The summed E-state index contributed by atoms with van der Waals surface area (Å²) in [5, 5.41) is 0. The molecule has 0 heterocycles. The van der Waals surface area contributed by atoms with Gasteiger partial charge in [-0.2, -0.15) is 0 Å². The average Bonchev–Trinajstić information content (AvgIpc) is 2.91. The van der Waals surface area contributed by atoms with E-state index in [1.54, 1.807) is 0 Å². The molecule has 3 aromatic rings. The highest BCUT2D eigenvalue weighted by Crippen LogP contribution is 2.49. The molecule has 26 heavy (non-hydrogen) atoms. The summed E-state index contributed by atoms with van der Waals surface area (Å²) < 4.78 is 0. The molecular weight excluding hydrogens is 314 g/mol. The fraction of sp³-hybridized carbons (Fsp3) is 0.280. The largest absolute Gasteiger partial charge is 0.345 e. The van der Waals surface area contributed by atoms with Crippen molar-refractivity contribution in [3.8, 4) is 11.1 Å². The average molecular weight is 344 g/mol. The van der Waals surface area contributed by atoms with Crippen molar-refractivity contribution in [2.24, 2.45) is 0 Å². The number of nitrogens with zero attached hydrogens (tertiary/aromatic N) is 1. The van der Waals surface area contributed by atoms with Crippen LogP contribution in [-0.2, 0) is 5.41 Å². The van der Waals surface area contributed by atoms with Crippen molar-refractivity contribution >= 4 is 11.4 Å². The van der Waals surface area contributed by atoms with Gasteiger partial charge in [-0.1, -0.05) is 75.7 Å². The van der Waals surface area contributed by atoms with E-state index in [9.17, 15) is 0 Å². The van der Waals surface area contributed by atoms with Crippen molar-refractivity contribution in [1.82, 2.24) is 0 Å². The molecule has 1 aliphatic carbocycles. The summed E-state index contributed by atoms with van der Waals surface area (Å²) >= 11 is 0. The van der Waals surface area contributed by atoms with E-state index >= 15 is 0 Å². The van der Waals surface area contributed by atoms with Crippen LogP contribution in [-0.4, -0.2) is 7.05 Å². The van der Waals surface area contributed by atoms with Crippen molar-refractivity contribution in [1.29, 1.82) is 0 Å². The lowest BCUT2D eigenvalue weighted by atomic mass is 9.82. The molecule has 0 atom stereocenters. The third-order valence-electron chi connectivity index (χ3n) is 5.38. The highest BCUT2D eigenvalue weighted by atomic mass is 15.1. The number of hydrogen-bond donors (Lipinski definition) is 0. The van der Waals surface area contributed by atoms with Crippen LogP contribution >= 0.6 is 0 Å². The van der Waals surface area contributed by atoms with Crippen LogP contribution in [0.3, 0.4) is 0 Å². The van der Waals surface area contributed by atoms with Crippen molar-refractivity contribution in [3.05, 3.63) is 83.4 Å². The van der Waals surface area contributed by atoms with Gasteiger partial charge in [0.05, 0.1) is 0 Å².